The molecule has 19 heavy (non-hydrogen) atoms. The number of hydrogen-bond acceptors (Lipinski definition) is 4. The van der Waals surface area contributed by atoms with E-state index < -0.39 is 0 Å². The van der Waals surface area contributed by atoms with E-state index in [-0.39, 0.29) is 11.6 Å². The van der Waals surface area contributed by atoms with Crippen LogP contribution in [-0.2, 0) is 13.6 Å². The average Bonchev–Trinajstić information content (AvgIpc) is 2.75. The molecule has 0 aliphatic carbocycles. The van der Waals surface area contributed by atoms with Gasteiger partial charge in [0.05, 0.1) is 12.8 Å². The number of carbonyl (C=O) groups is 1. The van der Waals surface area contributed by atoms with Crippen molar-refractivity contribution < 1.29 is 9.53 Å². The van der Waals surface area contributed by atoms with Gasteiger partial charge in [-0.1, -0.05) is 12.1 Å². The van der Waals surface area contributed by atoms with Crippen LogP contribution in [0.3, 0.4) is 0 Å². The first-order chi connectivity index (χ1) is 9.10. The molecule has 0 atom stereocenters. The van der Waals surface area contributed by atoms with Gasteiger partial charge in [-0.25, -0.2) is 0 Å². The minimum Gasteiger partial charge on any atom is -0.497 e. The number of aromatic nitrogens is 2. The van der Waals surface area contributed by atoms with Gasteiger partial charge >= 0.3 is 0 Å². The van der Waals surface area contributed by atoms with Gasteiger partial charge < -0.3 is 15.8 Å². The van der Waals surface area contributed by atoms with Crippen LogP contribution in [0.1, 0.15) is 16.1 Å². The zero-order valence-corrected chi connectivity index (χ0v) is 10.9. The number of benzene rings is 1. The molecule has 0 fully saturated rings. The number of aryl methyl sites for hydroxylation is 1. The fourth-order valence-electron chi connectivity index (χ4n) is 1.69. The van der Waals surface area contributed by atoms with E-state index in [9.17, 15) is 4.79 Å². The molecule has 0 radical (unpaired) electrons. The summed E-state index contributed by atoms with van der Waals surface area (Å²) in [7, 11) is 3.33. The Kier molecular flexibility index (Phi) is 3.70. The average molecular weight is 260 g/mol. The molecule has 6 heteroatoms. The Bertz CT molecular complexity index is 575. The highest BCUT2D eigenvalue weighted by Crippen LogP contribution is 2.12. The van der Waals surface area contributed by atoms with E-state index in [2.05, 4.69) is 10.4 Å². The molecule has 100 valence electrons. The van der Waals surface area contributed by atoms with Crippen molar-refractivity contribution in [1.82, 2.24) is 15.1 Å². The molecule has 6 nitrogen and oxygen atoms in total. The van der Waals surface area contributed by atoms with Crippen molar-refractivity contribution in [2.45, 2.75) is 6.54 Å². The Morgan fingerprint density at radius 1 is 1.42 bits per heavy atom. The molecule has 3 N–H and O–H groups in total. The van der Waals surface area contributed by atoms with Crippen molar-refractivity contribution in [2.24, 2.45) is 7.05 Å². The molecule has 0 bridgehead atoms. The van der Waals surface area contributed by atoms with Crippen LogP contribution in [0.5, 0.6) is 5.75 Å². The van der Waals surface area contributed by atoms with Gasteiger partial charge in [-0.05, 0) is 17.7 Å². The van der Waals surface area contributed by atoms with Crippen LogP contribution in [-0.4, -0.2) is 22.8 Å². The van der Waals surface area contributed by atoms with Crippen LogP contribution in [0.25, 0.3) is 0 Å². The van der Waals surface area contributed by atoms with Crippen LogP contribution in [0.15, 0.2) is 30.5 Å². The molecule has 0 aliphatic heterocycles. The molecule has 1 aromatic carbocycles. The Labute approximate surface area is 111 Å². The van der Waals surface area contributed by atoms with E-state index in [1.807, 2.05) is 24.3 Å². The first-order valence-electron chi connectivity index (χ1n) is 5.80. The summed E-state index contributed by atoms with van der Waals surface area (Å²) in [6.07, 6.45) is 1.60. The SMILES string of the molecule is COc1ccc(CNC(=O)c2nn(C)cc2N)cc1. The highest BCUT2D eigenvalue weighted by atomic mass is 16.5. The van der Waals surface area contributed by atoms with E-state index in [0.29, 0.717) is 12.2 Å². The van der Waals surface area contributed by atoms with Crippen molar-refractivity contribution in [3.8, 4) is 5.75 Å². The summed E-state index contributed by atoms with van der Waals surface area (Å²) in [6.45, 7) is 0.416. The predicted octanol–water partition coefficient (Wildman–Crippen LogP) is 0.941. The Morgan fingerprint density at radius 3 is 2.63 bits per heavy atom. The summed E-state index contributed by atoms with van der Waals surface area (Å²) in [5.74, 6) is 0.498. The molecule has 0 unspecified atom stereocenters. The first-order valence-corrected chi connectivity index (χ1v) is 5.80. The van der Waals surface area contributed by atoms with Gasteiger partial charge in [0.25, 0.3) is 5.91 Å². The highest BCUT2D eigenvalue weighted by molar-refractivity contribution is 5.96. The maximum atomic E-state index is 11.9. The van der Waals surface area contributed by atoms with E-state index in [4.69, 9.17) is 10.5 Å². The van der Waals surface area contributed by atoms with Crippen LogP contribution in [0, 0.1) is 0 Å². The van der Waals surface area contributed by atoms with Crippen LogP contribution >= 0.6 is 0 Å². The second kappa shape index (κ2) is 5.43. The maximum Gasteiger partial charge on any atom is 0.274 e. The van der Waals surface area contributed by atoms with Gasteiger partial charge in [0.1, 0.15) is 5.75 Å². The van der Waals surface area contributed by atoms with Crippen molar-refractivity contribution in [3.05, 3.63) is 41.7 Å². The standard InChI is InChI=1S/C13H16N4O2/c1-17-8-11(14)12(16-17)13(18)15-7-9-3-5-10(19-2)6-4-9/h3-6,8H,7,14H2,1-2H3,(H,15,18). The number of rotatable bonds is 4. The lowest BCUT2D eigenvalue weighted by Gasteiger charge is -2.05. The lowest BCUT2D eigenvalue weighted by atomic mass is 10.2. The molecule has 0 spiro atoms. The zero-order chi connectivity index (χ0) is 13.8. The third-order valence-electron chi connectivity index (χ3n) is 2.68. The largest absolute Gasteiger partial charge is 0.497 e. The first kappa shape index (κ1) is 12.9. The number of nitrogens with two attached hydrogens (primary N) is 1. The normalized spacial score (nSPS) is 10.2. The number of nitrogen functional groups attached to an aromatic ring is 1. The van der Waals surface area contributed by atoms with Crippen molar-refractivity contribution in [1.29, 1.82) is 0 Å². The third-order valence-corrected chi connectivity index (χ3v) is 2.68. The number of methoxy groups -OCH3 is 1. The number of hydrogen-bond donors (Lipinski definition) is 2. The quantitative estimate of drug-likeness (QED) is 0.857. The number of carbonyl (C=O) groups excluding carboxylic acids is 1. The molecule has 1 amide bonds. The summed E-state index contributed by atoms with van der Waals surface area (Å²) >= 11 is 0. The summed E-state index contributed by atoms with van der Waals surface area (Å²) in [5, 5.41) is 6.78. The van der Waals surface area contributed by atoms with Gasteiger partial charge in [0, 0.05) is 19.8 Å². The maximum absolute atomic E-state index is 11.9. The van der Waals surface area contributed by atoms with Gasteiger partial charge in [-0.3, -0.25) is 9.48 Å². The molecule has 2 rings (SSSR count). The van der Waals surface area contributed by atoms with Gasteiger partial charge in [-0.15, -0.1) is 0 Å². The fraction of sp³-hybridized carbons (Fsp3) is 0.231. The van der Waals surface area contributed by atoms with Gasteiger partial charge in [-0.2, -0.15) is 5.10 Å². The predicted molar refractivity (Wildman–Crippen MR) is 71.8 cm³/mol. The number of amides is 1. The number of nitrogens with one attached hydrogen (secondary N) is 1. The Balaban J connectivity index is 1.98. The fourth-order valence-corrected chi connectivity index (χ4v) is 1.69. The lowest BCUT2D eigenvalue weighted by Crippen LogP contribution is -2.24. The van der Waals surface area contributed by atoms with Crippen LogP contribution in [0.2, 0.25) is 0 Å². The Hall–Kier alpha value is -2.50. The number of anilines is 1. The van der Waals surface area contributed by atoms with Crippen molar-refractivity contribution in [3.63, 3.8) is 0 Å². The second-order valence-electron chi connectivity index (χ2n) is 4.14. The third kappa shape index (κ3) is 3.04. The zero-order valence-electron chi connectivity index (χ0n) is 10.9. The number of ether oxygens (including phenoxy) is 1. The topological polar surface area (TPSA) is 82.2 Å². The van der Waals surface area contributed by atoms with E-state index in [1.165, 1.54) is 4.68 Å². The molecule has 0 saturated carbocycles. The summed E-state index contributed by atoms with van der Waals surface area (Å²) in [5.41, 5.74) is 7.28. The monoisotopic (exact) mass is 260 g/mol. The second-order valence-corrected chi connectivity index (χ2v) is 4.14. The van der Waals surface area contributed by atoms with E-state index in [0.717, 1.165) is 11.3 Å². The molecule has 0 aliphatic rings. The van der Waals surface area contributed by atoms with Gasteiger partial charge in [0.2, 0.25) is 0 Å². The van der Waals surface area contributed by atoms with Crippen LogP contribution < -0.4 is 15.8 Å². The lowest BCUT2D eigenvalue weighted by molar-refractivity contribution is 0.0946. The summed E-state index contributed by atoms with van der Waals surface area (Å²) in [4.78, 5) is 11.9. The van der Waals surface area contributed by atoms with Crippen molar-refractivity contribution >= 4 is 11.6 Å². The van der Waals surface area contributed by atoms with Gasteiger partial charge in [0.15, 0.2) is 5.69 Å². The smallest absolute Gasteiger partial charge is 0.274 e. The molecule has 1 heterocycles. The molecular weight excluding hydrogens is 244 g/mol. The minimum atomic E-state index is -0.283. The molecular formula is C13H16N4O2. The molecule has 0 saturated heterocycles. The number of nitrogens with zero attached hydrogens (tertiary/aromatic N) is 2. The summed E-state index contributed by atoms with van der Waals surface area (Å²) < 4.78 is 6.58. The van der Waals surface area contributed by atoms with Crippen molar-refractivity contribution in [2.75, 3.05) is 12.8 Å². The highest BCUT2D eigenvalue weighted by Gasteiger charge is 2.13. The van der Waals surface area contributed by atoms with E-state index in [1.54, 1.807) is 20.4 Å². The van der Waals surface area contributed by atoms with Crippen LogP contribution in [0.4, 0.5) is 5.69 Å². The summed E-state index contributed by atoms with van der Waals surface area (Å²) in [6, 6.07) is 7.47. The molecule has 1 aromatic heterocycles. The van der Waals surface area contributed by atoms with E-state index >= 15 is 0 Å². The Morgan fingerprint density at radius 2 is 2.11 bits per heavy atom. The molecule has 2 aromatic rings. The minimum absolute atomic E-state index is 0.246.